The van der Waals surface area contributed by atoms with Crippen LogP contribution >= 0.6 is 0 Å². The topological polar surface area (TPSA) is 43.4 Å². The molecule has 1 atom stereocenters. The number of benzene rings is 1. The third-order valence-electron chi connectivity index (χ3n) is 3.32. The number of nitrogens with one attached hydrogen (secondary N) is 1. The first-order valence-electron chi connectivity index (χ1n) is 7.11. The van der Waals surface area contributed by atoms with Crippen molar-refractivity contribution in [2.24, 2.45) is 0 Å². The van der Waals surface area contributed by atoms with Crippen molar-refractivity contribution >= 4 is 0 Å². The van der Waals surface area contributed by atoms with Crippen LogP contribution in [-0.2, 0) is 6.54 Å². The quantitative estimate of drug-likeness (QED) is 0.798. The van der Waals surface area contributed by atoms with Crippen molar-refractivity contribution in [1.29, 1.82) is 0 Å². The first kappa shape index (κ1) is 15.9. The van der Waals surface area contributed by atoms with Gasteiger partial charge in [0.2, 0.25) is 5.88 Å². The Morgan fingerprint density at radius 2 is 2.05 bits per heavy atom. The van der Waals surface area contributed by atoms with Crippen LogP contribution in [0.5, 0.6) is 11.6 Å². The molecule has 1 aromatic heterocycles. The second-order valence-electron chi connectivity index (χ2n) is 4.87. The van der Waals surface area contributed by atoms with Gasteiger partial charge in [0.25, 0.3) is 0 Å². The van der Waals surface area contributed by atoms with Gasteiger partial charge < -0.3 is 14.8 Å². The van der Waals surface area contributed by atoms with Crippen LogP contribution in [-0.4, -0.2) is 18.7 Å². The molecule has 1 aromatic carbocycles. The first-order chi connectivity index (χ1) is 10.7. The highest BCUT2D eigenvalue weighted by Crippen LogP contribution is 2.18. The molecule has 0 aliphatic carbocycles. The Kier molecular flexibility index (Phi) is 5.81. The maximum Gasteiger partial charge on any atom is 0.213 e. The van der Waals surface area contributed by atoms with Crippen molar-refractivity contribution in [2.75, 3.05) is 13.7 Å². The van der Waals surface area contributed by atoms with E-state index >= 15 is 0 Å². The summed E-state index contributed by atoms with van der Waals surface area (Å²) >= 11 is 0. The molecule has 0 saturated carbocycles. The van der Waals surface area contributed by atoms with Crippen molar-refractivity contribution in [1.82, 2.24) is 10.3 Å². The fourth-order valence-electron chi connectivity index (χ4n) is 2.04. The molecule has 0 radical (unpaired) electrons. The Bertz CT molecular complexity index is 632. The molecule has 0 saturated heterocycles. The van der Waals surface area contributed by atoms with E-state index in [1.165, 1.54) is 5.56 Å². The Morgan fingerprint density at radius 1 is 1.27 bits per heavy atom. The van der Waals surface area contributed by atoms with Crippen LogP contribution in [0.4, 0.5) is 0 Å². The number of terminal acetylenes is 1. The molecule has 2 aromatic rings. The number of hydrogen-bond acceptors (Lipinski definition) is 4. The average Bonchev–Trinajstić information content (AvgIpc) is 2.58. The summed E-state index contributed by atoms with van der Waals surface area (Å²) in [6.45, 7) is 3.15. The third-order valence-corrected chi connectivity index (χ3v) is 3.32. The van der Waals surface area contributed by atoms with Crippen LogP contribution in [0.25, 0.3) is 0 Å². The molecule has 0 spiro atoms. The smallest absolute Gasteiger partial charge is 0.213 e. The highest BCUT2D eigenvalue weighted by atomic mass is 16.5. The van der Waals surface area contributed by atoms with Crippen LogP contribution in [0.1, 0.15) is 24.1 Å². The van der Waals surface area contributed by atoms with E-state index in [1.807, 2.05) is 36.4 Å². The van der Waals surface area contributed by atoms with Crippen molar-refractivity contribution in [2.45, 2.75) is 19.5 Å². The van der Waals surface area contributed by atoms with Crippen molar-refractivity contribution < 1.29 is 9.47 Å². The van der Waals surface area contributed by atoms with Crippen LogP contribution in [0, 0.1) is 12.3 Å². The van der Waals surface area contributed by atoms with Gasteiger partial charge >= 0.3 is 0 Å². The molecular weight excluding hydrogens is 276 g/mol. The molecule has 0 amide bonds. The summed E-state index contributed by atoms with van der Waals surface area (Å²) in [4.78, 5) is 4.10. The zero-order chi connectivity index (χ0) is 15.8. The Labute approximate surface area is 131 Å². The molecule has 2 rings (SSSR count). The molecular formula is C18H20N2O2. The predicted octanol–water partition coefficient (Wildman–Crippen LogP) is 2.95. The van der Waals surface area contributed by atoms with Gasteiger partial charge in [0.05, 0.1) is 7.11 Å². The lowest BCUT2D eigenvalue weighted by molar-refractivity contribution is 0.370. The molecule has 1 N–H and O–H groups in total. The highest BCUT2D eigenvalue weighted by Gasteiger charge is 2.06. The number of hydrogen-bond donors (Lipinski definition) is 1. The summed E-state index contributed by atoms with van der Waals surface area (Å²) < 4.78 is 10.5. The molecule has 4 nitrogen and oxygen atoms in total. The second kappa shape index (κ2) is 8.06. The fourth-order valence-corrected chi connectivity index (χ4v) is 2.04. The van der Waals surface area contributed by atoms with Crippen molar-refractivity contribution in [3.8, 4) is 24.0 Å². The van der Waals surface area contributed by atoms with Gasteiger partial charge in [0.15, 0.2) is 0 Å². The second-order valence-corrected chi connectivity index (χ2v) is 4.87. The predicted molar refractivity (Wildman–Crippen MR) is 86.8 cm³/mol. The van der Waals surface area contributed by atoms with E-state index in [0.29, 0.717) is 5.88 Å². The minimum atomic E-state index is 0.223. The van der Waals surface area contributed by atoms with Crippen molar-refractivity contribution in [3.63, 3.8) is 0 Å². The largest absolute Gasteiger partial charge is 0.481 e. The lowest BCUT2D eigenvalue weighted by atomic mass is 10.1. The molecule has 1 heterocycles. The summed E-state index contributed by atoms with van der Waals surface area (Å²) in [5, 5.41) is 3.47. The van der Waals surface area contributed by atoms with E-state index in [2.05, 4.69) is 23.1 Å². The van der Waals surface area contributed by atoms with Crippen LogP contribution in [0.2, 0.25) is 0 Å². The number of methoxy groups -OCH3 is 1. The summed E-state index contributed by atoms with van der Waals surface area (Å²) in [7, 11) is 1.62. The van der Waals surface area contributed by atoms with Gasteiger partial charge in [-0.3, -0.25) is 0 Å². The van der Waals surface area contributed by atoms with Gasteiger partial charge in [-0.05, 0) is 36.2 Å². The number of rotatable bonds is 7. The third kappa shape index (κ3) is 4.51. The zero-order valence-electron chi connectivity index (χ0n) is 12.9. The Morgan fingerprint density at radius 3 is 2.73 bits per heavy atom. The standard InChI is InChI=1S/C18H20N2O2/c1-4-11-22-17-7-5-16(6-8-17)14(2)20-13-15-9-10-19-18(12-15)21-3/h1,5-10,12,14,20H,11,13H2,2-3H3/t14-/m0/s1. The van der Waals surface area contributed by atoms with Gasteiger partial charge in [-0.1, -0.05) is 18.1 Å². The van der Waals surface area contributed by atoms with Crippen LogP contribution in [0.3, 0.4) is 0 Å². The summed E-state index contributed by atoms with van der Waals surface area (Å²) in [5.74, 6) is 3.86. The monoisotopic (exact) mass is 296 g/mol. The molecule has 22 heavy (non-hydrogen) atoms. The number of ether oxygens (including phenoxy) is 2. The SMILES string of the molecule is C#CCOc1ccc([C@H](C)NCc2ccnc(OC)c2)cc1. The Balaban J connectivity index is 1.91. The number of nitrogens with zero attached hydrogens (tertiary/aromatic N) is 1. The molecule has 0 aliphatic heterocycles. The zero-order valence-corrected chi connectivity index (χ0v) is 12.9. The maximum absolute atomic E-state index is 5.37. The summed E-state index contributed by atoms with van der Waals surface area (Å²) in [6, 6.07) is 12.1. The van der Waals surface area contributed by atoms with E-state index in [-0.39, 0.29) is 12.6 Å². The normalized spacial score (nSPS) is 11.5. The minimum absolute atomic E-state index is 0.223. The van der Waals surface area contributed by atoms with E-state index in [9.17, 15) is 0 Å². The van der Waals surface area contributed by atoms with Gasteiger partial charge in [0.1, 0.15) is 12.4 Å². The number of aromatic nitrogens is 1. The van der Waals surface area contributed by atoms with E-state index in [1.54, 1.807) is 13.3 Å². The maximum atomic E-state index is 5.37. The average molecular weight is 296 g/mol. The minimum Gasteiger partial charge on any atom is -0.481 e. The van der Waals surface area contributed by atoms with Gasteiger partial charge in [-0.15, -0.1) is 6.42 Å². The summed E-state index contributed by atoms with van der Waals surface area (Å²) in [6.07, 6.45) is 6.92. The van der Waals surface area contributed by atoms with Crippen molar-refractivity contribution in [3.05, 3.63) is 53.7 Å². The first-order valence-corrected chi connectivity index (χ1v) is 7.11. The number of pyridine rings is 1. The van der Waals surface area contributed by atoms with Crippen LogP contribution < -0.4 is 14.8 Å². The van der Waals surface area contributed by atoms with E-state index < -0.39 is 0 Å². The van der Waals surface area contributed by atoms with Gasteiger partial charge in [0, 0.05) is 24.8 Å². The molecule has 4 heteroatoms. The lowest BCUT2D eigenvalue weighted by Gasteiger charge is -2.15. The highest BCUT2D eigenvalue weighted by molar-refractivity contribution is 5.29. The lowest BCUT2D eigenvalue weighted by Crippen LogP contribution is -2.18. The molecule has 0 aliphatic rings. The molecule has 0 unspecified atom stereocenters. The van der Waals surface area contributed by atoms with Crippen LogP contribution in [0.15, 0.2) is 42.6 Å². The molecule has 0 fully saturated rings. The molecule has 0 bridgehead atoms. The molecule has 114 valence electrons. The van der Waals surface area contributed by atoms with E-state index in [4.69, 9.17) is 15.9 Å². The van der Waals surface area contributed by atoms with E-state index in [0.717, 1.165) is 17.9 Å². The fraction of sp³-hybridized carbons (Fsp3) is 0.278. The summed E-state index contributed by atoms with van der Waals surface area (Å²) in [5.41, 5.74) is 2.32. The van der Waals surface area contributed by atoms with Gasteiger partial charge in [-0.25, -0.2) is 4.98 Å². The van der Waals surface area contributed by atoms with Gasteiger partial charge in [-0.2, -0.15) is 0 Å². The Hall–Kier alpha value is -2.51.